The summed E-state index contributed by atoms with van der Waals surface area (Å²) in [6.45, 7) is 8.42. The van der Waals surface area contributed by atoms with E-state index in [4.69, 9.17) is 0 Å². The Labute approximate surface area is 128 Å². The molecule has 1 atom stereocenters. The topological polar surface area (TPSA) is 23.6 Å². The van der Waals surface area contributed by atoms with E-state index in [2.05, 4.69) is 42.7 Å². The van der Waals surface area contributed by atoms with Crippen molar-refractivity contribution < 1.29 is 4.79 Å². The predicted octanol–water partition coefficient (Wildman–Crippen LogP) is 2.86. The van der Waals surface area contributed by atoms with Gasteiger partial charge in [-0.15, -0.1) is 6.58 Å². The molecule has 1 amide bonds. The van der Waals surface area contributed by atoms with E-state index in [0.29, 0.717) is 6.54 Å². The Bertz CT molecular complexity index is 480. The lowest BCUT2D eigenvalue weighted by atomic mass is 10.1. The largest absolute Gasteiger partial charge is 0.340 e. The standard InChI is InChI=1S/C18H26N2O/c1-4-12-20-13-6-7-17(20)18(21)19(3)14-16-10-8-15(5-2)9-11-16/h4,8-11,17H,1,5-7,12-14H2,2-3H3/t17-/m0/s1. The number of aryl methyl sites for hydroxylation is 1. The quantitative estimate of drug-likeness (QED) is 0.751. The number of hydrogen-bond donors (Lipinski definition) is 0. The third-order valence-electron chi connectivity index (χ3n) is 4.24. The Morgan fingerprint density at radius 2 is 2.05 bits per heavy atom. The van der Waals surface area contributed by atoms with Gasteiger partial charge in [-0.05, 0) is 36.9 Å². The van der Waals surface area contributed by atoms with E-state index in [0.717, 1.165) is 32.4 Å². The summed E-state index contributed by atoms with van der Waals surface area (Å²) in [5, 5.41) is 0. The van der Waals surface area contributed by atoms with Crippen LogP contribution in [0.25, 0.3) is 0 Å². The molecule has 0 spiro atoms. The van der Waals surface area contributed by atoms with Crippen LogP contribution in [0.15, 0.2) is 36.9 Å². The van der Waals surface area contributed by atoms with Crippen LogP contribution in [0, 0.1) is 0 Å². The molecular weight excluding hydrogens is 260 g/mol. The Hall–Kier alpha value is -1.61. The van der Waals surface area contributed by atoms with Gasteiger partial charge in [-0.1, -0.05) is 37.3 Å². The van der Waals surface area contributed by atoms with Crippen molar-refractivity contribution in [2.75, 3.05) is 20.1 Å². The van der Waals surface area contributed by atoms with Crippen LogP contribution in [-0.4, -0.2) is 41.9 Å². The monoisotopic (exact) mass is 286 g/mol. The van der Waals surface area contributed by atoms with E-state index in [1.54, 1.807) is 0 Å². The summed E-state index contributed by atoms with van der Waals surface area (Å²) in [5.74, 6) is 0.230. The van der Waals surface area contributed by atoms with Gasteiger partial charge in [0, 0.05) is 20.1 Å². The Balaban J connectivity index is 1.96. The number of benzene rings is 1. The van der Waals surface area contributed by atoms with Crippen molar-refractivity contribution in [3.63, 3.8) is 0 Å². The van der Waals surface area contributed by atoms with Crippen LogP contribution in [0.2, 0.25) is 0 Å². The van der Waals surface area contributed by atoms with Gasteiger partial charge in [0.05, 0.1) is 6.04 Å². The third kappa shape index (κ3) is 3.94. The lowest BCUT2D eigenvalue weighted by Gasteiger charge is -2.27. The van der Waals surface area contributed by atoms with Crippen molar-refractivity contribution in [2.24, 2.45) is 0 Å². The second-order valence-electron chi connectivity index (χ2n) is 5.81. The van der Waals surface area contributed by atoms with Crippen molar-refractivity contribution in [1.29, 1.82) is 0 Å². The maximum Gasteiger partial charge on any atom is 0.239 e. The van der Waals surface area contributed by atoms with Gasteiger partial charge in [0.2, 0.25) is 5.91 Å². The van der Waals surface area contributed by atoms with Crippen LogP contribution in [-0.2, 0) is 17.8 Å². The molecule has 1 heterocycles. The molecule has 1 aliphatic rings. The summed E-state index contributed by atoms with van der Waals surface area (Å²) in [6, 6.07) is 8.57. The highest BCUT2D eigenvalue weighted by Crippen LogP contribution is 2.19. The van der Waals surface area contributed by atoms with Gasteiger partial charge < -0.3 is 4.90 Å². The molecule has 1 aromatic carbocycles. The van der Waals surface area contributed by atoms with Gasteiger partial charge in [-0.3, -0.25) is 9.69 Å². The van der Waals surface area contributed by atoms with Crippen molar-refractivity contribution in [1.82, 2.24) is 9.80 Å². The second-order valence-corrected chi connectivity index (χ2v) is 5.81. The van der Waals surface area contributed by atoms with E-state index in [-0.39, 0.29) is 11.9 Å². The van der Waals surface area contributed by atoms with Gasteiger partial charge in [-0.2, -0.15) is 0 Å². The molecular formula is C18H26N2O. The minimum Gasteiger partial charge on any atom is -0.340 e. The van der Waals surface area contributed by atoms with E-state index in [9.17, 15) is 4.79 Å². The molecule has 0 bridgehead atoms. The molecule has 114 valence electrons. The zero-order chi connectivity index (χ0) is 15.2. The maximum atomic E-state index is 12.6. The number of amides is 1. The van der Waals surface area contributed by atoms with Gasteiger partial charge in [0.25, 0.3) is 0 Å². The lowest BCUT2D eigenvalue weighted by Crippen LogP contribution is -2.43. The van der Waals surface area contributed by atoms with E-state index in [1.165, 1.54) is 11.1 Å². The number of rotatable bonds is 6. The van der Waals surface area contributed by atoms with Crippen LogP contribution in [0.1, 0.15) is 30.9 Å². The van der Waals surface area contributed by atoms with E-state index >= 15 is 0 Å². The minimum absolute atomic E-state index is 0.0305. The molecule has 0 aliphatic carbocycles. The zero-order valence-electron chi connectivity index (χ0n) is 13.2. The third-order valence-corrected chi connectivity index (χ3v) is 4.24. The molecule has 0 aromatic heterocycles. The highest BCUT2D eigenvalue weighted by molar-refractivity contribution is 5.82. The molecule has 0 radical (unpaired) electrons. The minimum atomic E-state index is 0.0305. The summed E-state index contributed by atoms with van der Waals surface area (Å²) < 4.78 is 0. The first-order chi connectivity index (χ1) is 10.2. The first kappa shape index (κ1) is 15.8. The fourth-order valence-electron chi connectivity index (χ4n) is 2.98. The van der Waals surface area contributed by atoms with Crippen molar-refractivity contribution >= 4 is 5.91 Å². The molecule has 2 rings (SSSR count). The molecule has 1 aromatic rings. The lowest BCUT2D eigenvalue weighted by molar-refractivity contribution is -0.135. The Kier molecular flexibility index (Phi) is 5.57. The van der Waals surface area contributed by atoms with Crippen molar-refractivity contribution in [3.8, 4) is 0 Å². The number of hydrogen-bond acceptors (Lipinski definition) is 2. The maximum absolute atomic E-state index is 12.6. The normalized spacial score (nSPS) is 18.7. The average Bonchev–Trinajstić information content (AvgIpc) is 2.96. The zero-order valence-corrected chi connectivity index (χ0v) is 13.2. The van der Waals surface area contributed by atoms with Crippen molar-refractivity contribution in [2.45, 2.75) is 38.8 Å². The number of carbonyl (C=O) groups is 1. The summed E-state index contributed by atoms with van der Waals surface area (Å²) >= 11 is 0. The molecule has 1 aliphatic heterocycles. The van der Waals surface area contributed by atoms with Crippen LogP contribution < -0.4 is 0 Å². The van der Waals surface area contributed by atoms with Gasteiger partial charge in [0.1, 0.15) is 0 Å². The molecule has 21 heavy (non-hydrogen) atoms. The highest BCUT2D eigenvalue weighted by atomic mass is 16.2. The molecule has 0 N–H and O–H groups in total. The van der Waals surface area contributed by atoms with E-state index in [1.807, 2.05) is 18.0 Å². The molecule has 3 heteroatoms. The molecule has 0 unspecified atom stereocenters. The number of carbonyl (C=O) groups excluding carboxylic acids is 1. The Morgan fingerprint density at radius 3 is 2.67 bits per heavy atom. The van der Waals surface area contributed by atoms with Crippen LogP contribution in [0.4, 0.5) is 0 Å². The first-order valence-electron chi connectivity index (χ1n) is 7.83. The number of likely N-dealkylation sites (tertiary alicyclic amines) is 1. The van der Waals surface area contributed by atoms with Gasteiger partial charge >= 0.3 is 0 Å². The SMILES string of the molecule is C=CCN1CCC[C@H]1C(=O)N(C)Cc1ccc(CC)cc1. The molecule has 1 fully saturated rings. The number of nitrogens with zero attached hydrogens (tertiary/aromatic N) is 2. The van der Waals surface area contributed by atoms with Crippen molar-refractivity contribution in [3.05, 3.63) is 48.0 Å². The number of likely N-dealkylation sites (N-methyl/N-ethyl adjacent to an activating group) is 1. The highest BCUT2D eigenvalue weighted by Gasteiger charge is 2.31. The molecule has 3 nitrogen and oxygen atoms in total. The fourth-order valence-corrected chi connectivity index (χ4v) is 2.98. The predicted molar refractivity (Wildman–Crippen MR) is 87.1 cm³/mol. The fraction of sp³-hybridized carbons (Fsp3) is 0.500. The average molecular weight is 286 g/mol. The van der Waals surface area contributed by atoms with E-state index < -0.39 is 0 Å². The van der Waals surface area contributed by atoms with Crippen LogP contribution >= 0.6 is 0 Å². The van der Waals surface area contributed by atoms with Crippen LogP contribution in [0.5, 0.6) is 0 Å². The smallest absolute Gasteiger partial charge is 0.239 e. The van der Waals surface area contributed by atoms with Crippen LogP contribution in [0.3, 0.4) is 0 Å². The summed E-state index contributed by atoms with van der Waals surface area (Å²) in [6.07, 6.45) is 5.00. The molecule has 0 saturated carbocycles. The Morgan fingerprint density at radius 1 is 1.38 bits per heavy atom. The second kappa shape index (κ2) is 7.41. The summed E-state index contributed by atoms with van der Waals surface area (Å²) in [4.78, 5) is 16.7. The van der Waals surface area contributed by atoms with Gasteiger partial charge in [0.15, 0.2) is 0 Å². The summed E-state index contributed by atoms with van der Waals surface area (Å²) in [7, 11) is 1.90. The van der Waals surface area contributed by atoms with Gasteiger partial charge in [-0.25, -0.2) is 0 Å². The first-order valence-corrected chi connectivity index (χ1v) is 7.83. The molecule has 1 saturated heterocycles. The summed E-state index contributed by atoms with van der Waals surface area (Å²) in [5.41, 5.74) is 2.52.